The second kappa shape index (κ2) is 4.60. The van der Waals surface area contributed by atoms with Crippen molar-refractivity contribution in [1.29, 1.82) is 0 Å². The lowest BCUT2D eigenvalue weighted by atomic mass is 9.97. The third-order valence-electron chi connectivity index (χ3n) is 3.34. The number of pyridine rings is 1. The Bertz CT molecular complexity index is 771. The van der Waals surface area contributed by atoms with Gasteiger partial charge in [-0.1, -0.05) is 29.8 Å². The van der Waals surface area contributed by atoms with Gasteiger partial charge in [0.25, 0.3) is 0 Å². The monoisotopic (exact) mass is 288 g/mol. The maximum atomic E-state index is 14.0. The third kappa shape index (κ3) is 2.29. The Labute approximate surface area is 121 Å². The van der Waals surface area contributed by atoms with Gasteiger partial charge in [0.15, 0.2) is 0 Å². The molecule has 2 nitrogen and oxygen atoms in total. The molecule has 0 unspecified atom stereocenters. The molecule has 20 heavy (non-hydrogen) atoms. The lowest BCUT2D eigenvalue weighted by molar-refractivity contribution is 0.221. The van der Waals surface area contributed by atoms with Crippen LogP contribution in [-0.4, -0.2) is 9.97 Å². The van der Waals surface area contributed by atoms with Crippen molar-refractivity contribution in [3.63, 3.8) is 0 Å². The highest BCUT2D eigenvalue weighted by Crippen LogP contribution is 2.31. The first-order valence-corrected chi connectivity index (χ1v) is 6.76. The topological polar surface area (TPSA) is 28.7 Å². The minimum atomic E-state index is -1.36. The predicted octanol–water partition coefficient (Wildman–Crippen LogP) is 5.09. The van der Waals surface area contributed by atoms with Gasteiger partial charge in [0.2, 0.25) is 0 Å². The average Bonchev–Trinajstić information content (AvgIpc) is 2.83. The summed E-state index contributed by atoms with van der Waals surface area (Å²) in [6, 6.07) is 11.1. The van der Waals surface area contributed by atoms with Gasteiger partial charge in [0.05, 0.1) is 5.02 Å². The zero-order valence-electron chi connectivity index (χ0n) is 11.2. The molecule has 0 radical (unpaired) electrons. The molecule has 0 saturated carbocycles. The Hall–Kier alpha value is -1.87. The number of hydrogen-bond donors (Lipinski definition) is 1. The molecule has 1 aromatic carbocycles. The average molecular weight is 289 g/mol. The van der Waals surface area contributed by atoms with Crippen LogP contribution in [0.1, 0.15) is 19.4 Å². The summed E-state index contributed by atoms with van der Waals surface area (Å²) in [5.74, 6) is 0. The number of halogens is 2. The fourth-order valence-corrected chi connectivity index (χ4v) is 2.41. The summed E-state index contributed by atoms with van der Waals surface area (Å²) >= 11 is 6.14. The van der Waals surface area contributed by atoms with Gasteiger partial charge in [-0.25, -0.2) is 9.37 Å². The molecule has 4 heteroatoms. The Morgan fingerprint density at radius 1 is 1.20 bits per heavy atom. The first kappa shape index (κ1) is 13.1. The maximum absolute atomic E-state index is 14.0. The van der Waals surface area contributed by atoms with Crippen LogP contribution in [0.15, 0.2) is 42.6 Å². The number of benzene rings is 1. The van der Waals surface area contributed by atoms with E-state index in [1.807, 2.05) is 24.3 Å². The second-order valence-corrected chi connectivity index (χ2v) is 5.70. The van der Waals surface area contributed by atoms with Crippen LogP contribution in [0.25, 0.3) is 22.3 Å². The van der Waals surface area contributed by atoms with Crippen LogP contribution in [0, 0.1) is 0 Å². The summed E-state index contributed by atoms with van der Waals surface area (Å²) in [7, 11) is 0. The predicted molar refractivity (Wildman–Crippen MR) is 80.7 cm³/mol. The van der Waals surface area contributed by atoms with E-state index in [-0.39, 0.29) is 0 Å². The minimum Gasteiger partial charge on any atom is -0.339 e. The van der Waals surface area contributed by atoms with E-state index in [4.69, 9.17) is 11.6 Å². The standard InChI is InChI=1S/C16H14ClFN2/c1-16(2,18)11-5-3-4-10(8-11)14-9-12-13(17)6-7-19-15(12)20-14/h3-9H,1-2H3,(H,19,20). The van der Waals surface area contributed by atoms with Gasteiger partial charge < -0.3 is 4.98 Å². The Balaban J connectivity index is 2.14. The lowest BCUT2D eigenvalue weighted by Crippen LogP contribution is -2.08. The van der Waals surface area contributed by atoms with E-state index >= 15 is 0 Å². The summed E-state index contributed by atoms with van der Waals surface area (Å²) in [5, 5.41) is 1.52. The fraction of sp³-hybridized carbons (Fsp3) is 0.188. The molecular formula is C16H14ClFN2. The van der Waals surface area contributed by atoms with Crippen LogP contribution in [0.5, 0.6) is 0 Å². The molecule has 1 N–H and O–H groups in total. The van der Waals surface area contributed by atoms with Crippen molar-refractivity contribution >= 4 is 22.6 Å². The van der Waals surface area contributed by atoms with Gasteiger partial charge in [-0.05, 0) is 43.2 Å². The number of rotatable bonds is 2. The molecular weight excluding hydrogens is 275 g/mol. The molecule has 0 spiro atoms. The van der Waals surface area contributed by atoms with Gasteiger partial charge >= 0.3 is 0 Å². The van der Waals surface area contributed by atoms with Crippen LogP contribution in [-0.2, 0) is 5.67 Å². The largest absolute Gasteiger partial charge is 0.339 e. The molecule has 3 rings (SSSR count). The molecule has 0 fully saturated rings. The quantitative estimate of drug-likeness (QED) is 0.699. The minimum absolute atomic E-state index is 0.646. The number of hydrogen-bond acceptors (Lipinski definition) is 1. The van der Waals surface area contributed by atoms with E-state index in [2.05, 4.69) is 9.97 Å². The normalized spacial score (nSPS) is 12.0. The number of aromatic amines is 1. The van der Waals surface area contributed by atoms with Gasteiger partial charge in [-0.2, -0.15) is 0 Å². The number of H-pyrrole nitrogens is 1. The number of nitrogens with one attached hydrogen (secondary N) is 1. The van der Waals surface area contributed by atoms with Crippen molar-refractivity contribution in [2.75, 3.05) is 0 Å². The molecule has 0 aliphatic heterocycles. The molecule has 0 bridgehead atoms. The first-order valence-electron chi connectivity index (χ1n) is 6.38. The maximum Gasteiger partial charge on any atom is 0.139 e. The number of alkyl halides is 1. The Kier molecular flexibility index (Phi) is 3.02. The summed E-state index contributed by atoms with van der Waals surface area (Å²) in [6.07, 6.45) is 1.66. The van der Waals surface area contributed by atoms with Crippen molar-refractivity contribution in [3.8, 4) is 11.3 Å². The number of nitrogens with zero attached hydrogens (tertiary/aromatic N) is 1. The first-order chi connectivity index (χ1) is 9.45. The second-order valence-electron chi connectivity index (χ2n) is 5.29. The highest BCUT2D eigenvalue weighted by atomic mass is 35.5. The van der Waals surface area contributed by atoms with Gasteiger partial charge in [0, 0.05) is 17.3 Å². The van der Waals surface area contributed by atoms with Crippen LogP contribution >= 0.6 is 11.6 Å². The smallest absolute Gasteiger partial charge is 0.139 e. The van der Waals surface area contributed by atoms with Gasteiger partial charge in [-0.3, -0.25) is 0 Å². The van der Waals surface area contributed by atoms with Crippen LogP contribution in [0.4, 0.5) is 4.39 Å². The summed E-state index contributed by atoms with van der Waals surface area (Å²) in [6.45, 7) is 3.10. The highest BCUT2D eigenvalue weighted by Gasteiger charge is 2.19. The summed E-state index contributed by atoms with van der Waals surface area (Å²) < 4.78 is 14.0. The SMILES string of the molecule is CC(C)(F)c1cccc(-c2cc3c(Cl)ccnc3[nH]2)c1. The van der Waals surface area contributed by atoms with E-state index < -0.39 is 5.67 Å². The van der Waals surface area contributed by atoms with E-state index in [1.165, 1.54) is 0 Å². The van der Waals surface area contributed by atoms with Crippen molar-refractivity contribution in [3.05, 3.63) is 53.2 Å². The molecule has 0 saturated heterocycles. The zero-order valence-corrected chi connectivity index (χ0v) is 12.0. The fourth-order valence-electron chi connectivity index (χ4n) is 2.21. The molecule has 2 aromatic heterocycles. The van der Waals surface area contributed by atoms with Gasteiger partial charge in [-0.15, -0.1) is 0 Å². The summed E-state index contributed by atoms with van der Waals surface area (Å²) in [5.41, 5.74) is 1.82. The van der Waals surface area contributed by atoms with Crippen molar-refractivity contribution in [2.45, 2.75) is 19.5 Å². The zero-order chi connectivity index (χ0) is 14.3. The number of fused-ring (bicyclic) bond motifs is 1. The highest BCUT2D eigenvalue weighted by molar-refractivity contribution is 6.35. The molecule has 102 valence electrons. The van der Waals surface area contributed by atoms with Crippen molar-refractivity contribution < 1.29 is 4.39 Å². The van der Waals surface area contributed by atoms with Crippen molar-refractivity contribution in [2.24, 2.45) is 0 Å². The Morgan fingerprint density at radius 3 is 2.70 bits per heavy atom. The van der Waals surface area contributed by atoms with Crippen molar-refractivity contribution in [1.82, 2.24) is 9.97 Å². The molecule has 3 aromatic rings. The molecule has 0 atom stereocenters. The van der Waals surface area contributed by atoms with Crippen LogP contribution < -0.4 is 0 Å². The van der Waals surface area contributed by atoms with E-state index in [1.54, 1.807) is 32.2 Å². The molecule has 2 heterocycles. The Morgan fingerprint density at radius 2 is 2.00 bits per heavy atom. The van der Waals surface area contributed by atoms with E-state index in [9.17, 15) is 4.39 Å². The van der Waals surface area contributed by atoms with E-state index in [0.717, 1.165) is 22.3 Å². The van der Waals surface area contributed by atoms with E-state index in [0.29, 0.717) is 10.6 Å². The van der Waals surface area contributed by atoms with Crippen LogP contribution in [0.2, 0.25) is 5.02 Å². The lowest BCUT2D eigenvalue weighted by Gasteiger charge is -2.15. The molecule has 0 aliphatic carbocycles. The van der Waals surface area contributed by atoms with Crippen LogP contribution in [0.3, 0.4) is 0 Å². The molecule has 0 amide bonds. The number of aromatic nitrogens is 2. The molecule has 0 aliphatic rings. The van der Waals surface area contributed by atoms with Gasteiger partial charge in [0.1, 0.15) is 11.3 Å². The third-order valence-corrected chi connectivity index (χ3v) is 3.67. The summed E-state index contributed by atoms with van der Waals surface area (Å²) in [4.78, 5) is 7.46.